The highest BCUT2D eigenvalue weighted by atomic mass is 16.2. The summed E-state index contributed by atoms with van der Waals surface area (Å²) in [7, 11) is 2.00. The third-order valence-electron chi connectivity index (χ3n) is 5.99. The molecule has 0 radical (unpaired) electrons. The summed E-state index contributed by atoms with van der Waals surface area (Å²) in [4.78, 5) is 15.0. The predicted molar refractivity (Wildman–Crippen MR) is 98.1 cm³/mol. The summed E-state index contributed by atoms with van der Waals surface area (Å²) in [6, 6.07) is 16.3. The molecule has 1 N–H and O–H groups in total. The summed E-state index contributed by atoms with van der Waals surface area (Å²) in [5.41, 5.74) is 1.11. The van der Waals surface area contributed by atoms with Gasteiger partial charge in [-0.3, -0.25) is 4.79 Å². The van der Waals surface area contributed by atoms with Gasteiger partial charge in [0.25, 0.3) is 0 Å². The van der Waals surface area contributed by atoms with Gasteiger partial charge in [-0.2, -0.15) is 0 Å². The third-order valence-corrected chi connectivity index (χ3v) is 5.99. The Hall–Kier alpha value is -1.87. The van der Waals surface area contributed by atoms with Crippen molar-refractivity contribution in [3.8, 4) is 0 Å². The monoisotopic (exact) mass is 322 g/mol. The van der Waals surface area contributed by atoms with Crippen LogP contribution in [0.25, 0.3) is 10.8 Å². The molecule has 3 nitrogen and oxygen atoms in total. The van der Waals surface area contributed by atoms with Crippen LogP contribution in [-0.2, 0) is 4.79 Å². The van der Waals surface area contributed by atoms with E-state index in [4.69, 9.17) is 0 Å². The Bertz CT molecular complexity index is 744. The van der Waals surface area contributed by atoms with Crippen LogP contribution in [0.15, 0.2) is 42.5 Å². The van der Waals surface area contributed by atoms with Crippen LogP contribution in [0.3, 0.4) is 0 Å². The predicted octanol–water partition coefficient (Wildman–Crippen LogP) is 3.68. The summed E-state index contributed by atoms with van der Waals surface area (Å²) in [5.74, 6) is 0.156. The van der Waals surface area contributed by atoms with Crippen molar-refractivity contribution in [3.05, 3.63) is 48.0 Å². The fourth-order valence-electron chi connectivity index (χ4n) is 4.45. The molecule has 3 atom stereocenters. The summed E-state index contributed by atoms with van der Waals surface area (Å²) in [6.07, 6.45) is 4.74. The van der Waals surface area contributed by atoms with Crippen molar-refractivity contribution in [2.24, 2.45) is 0 Å². The normalized spacial score (nSPS) is 27.2. The Morgan fingerprint density at radius 3 is 2.46 bits per heavy atom. The molecular weight excluding hydrogens is 296 g/mol. The molecule has 4 rings (SSSR count). The topological polar surface area (TPSA) is 32.3 Å². The van der Waals surface area contributed by atoms with E-state index < -0.39 is 0 Å². The molecule has 1 amide bonds. The molecule has 2 fully saturated rings. The quantitative estimate of drug-likeness (QED) is 0.935. The fourth-order valence-corrected chi connectivity index (χ4v) is 4.45. The maximum atomic E-state index is 13.0. The first-order valence-corrected chi connectivity index (χ1v) is 9.13. The highest BCUT2D eigenvalue weighted by Gasteiger charge is 2.37. The van der Waals surface area contributed by atoms with Crippen LogP contribution in [0, 0.1) is 0 Å². The van der Waals surface area contributed by atoms with Gasteiger partial charge in [-0.15, -0.1) is 0 Å². The Kier molecular flexibility index (Phi) is 4.05. The smallest absolute Gasteiger partial charge is 0.229 e. The van der Waals surface area contributed by atoms with E-state index in [2.05, 4.69) is 47.8 Å². The van der Waals surface area contributed by atoms with Crippen molar-refractivity contribution < 1.29 is 4.79 Å². The van der Waals surface area contributed by atoms with Gasteiger partial charge in [0.2, 0.25) is 5.91 Å². The van der Waals surface area contributed by atoms with Crippen molar-refractivity contribution in [1.29, 1.82) is 0 Å². The number of nitrogens with one attached hydrogen (secondary N) is 1. The first-order chi connectivity index (χ1) is 11.6. The minimum absolute atomic E-state index is 0.0906. The van der Waals surface area contributed by atoms with Gasteiger partial charge in [0.1, 0.15) is 0 Å². The molecule has 0 aromatic heterocycles. The van der Waals surface area contributed by atoms with E-state index in [1.807, 2.05) is 18.9 Å². The average molecular weight is 322 g/mol. The zero-order chi connectivity index (χ0) is 16.7. The fraction of sp³-hybridized carbons (Fsp3) is 0.476. The zero-order valence-electron chi connectivity index (χ0n) is 14.5. The van der Waals surface area contributed by atoms with Gasteiger partial charge in [0.15, 0.2) is 0 Å². The zero-order valence-corrected chi connectivity index (χ0v) is 14.5. The van der Waals surface area contributed by atoms with Crippen LogP contribution in [0.5, 0.6) is 0 Å². The molecular formula is C21H26N2O. The van der Waals surface area contributed by atoms with Gasteiger partial charge in [0.05, 0.1) is 5.92 Å². The molecule has 0 saturated carbocycles. The molecule has 2 aliphatic heterocycles. The summed E-state index contributed by atoms with van der Waals surface area (Å²) in [5, 5.41) is 6.09. The molecule has 2 saturated heterocycles. The molecule has 2 heterocycles. The van der Waals surface area contributed by atoms with Crippen LogP contribution in [0.1, 0.15) is 44.1 Å². The molecule has 3 heteroatoms. The van der Waals surface area contributed by atoms with Crippen molar-refractivity contribution in [1.82, 2.24) is 10.2 Å². The van der Waals surface area contributed by atoms with Crippen LogP contribution in [0.4, 0.5) is 0 Å². The standard InChI is InChI=1S/C21H26N2O/c1-14(16-8-7-15-5-3-4-6-17(15)11-16)21(24)23(2)20-12-18-9-10-19(13-20)22-18/h3-8,11,14,18-20,22H,9-10,12-13H2,1-2H3. The van der Waals surface area contributed by atoms with Gasteiger partial charge in [-0.1, -0.05) is 42.5 Å². The van der Waals surface area contributed by atoms with Crippen molar-refractivity contribution in [2.75, 3.05) is 7.05 Å². The number of amides is 1. The van der Waals surface area contributed by atoms with Crippen molar-refractivity contribution in [3.63, 3.8) is 0 Å². The molecule has 0 aliphatic carbocycles. The van der Waals surface area contributed by atoms with E-state index in [0.29, 0.717) is 18.1 Å². The number of likely N-dealkylation sites (N-methyl/N-ethyl adjacent to an activating group) is 1. The lowest BCUT2D eigenvalue weighted by atomic mass is 9.94. The second-order valence-corrected chi connectivity index (χ2v) is 7.54. The summed E-state index contributed by atoms with van der Waals surface area (Å²) >= 11 is 0. The number of carbonyl (C=O) groups excluding carboxylic acids is 1. The lowest BCUT2D eigenvalue weighted by Crippen LogP contribution is -2.49. The molecule has 2 aromatic carbocycles. The van der Waals surface area contributed by atoms with E-state index in [0.717, 1.165) is 18.4 Å². The van der Waals surface area contributed by atoms with Crippen LogP contribution < -0.4 is 5.32 Å². The lowest BCUT2D eigenvalue weighted by Gasteiger charge is -2.36. The SMILES string of the molecule is CC(C(=O)N(C)C1CC2CCC(C1)N2)c1ccc2ccccc2c1. The average Bonchev–Trinajstić information content (AvgIpc) is 2.97. The van der Waals surface area contributed by atoms with E-state index >= 15 is 0 Å². The van der Waals surface area contributed by atoms with Gasteiger partial charge in [0, 0.05) is 25.2 Å². The molecule has 2 aliphatic rings. The molecule has 3 unspecified atom stereocenters. The number of benzene rings is 2. The first-order valence-electron chi connectivity index (χ1n) is 9.13. The second kappa shape index (κ2) is 6.21. The first kappa shape index (κ1) is 15.6. The van der Waals surface area contributed by atoms with Crippen molar-refractivity contribution >= 4 is 16.7 Å². The molecule has 2 aromatic rings. The van der Waals surface area contributed by atoms with E-state index in [1.165, 1.54) is 23.6 Å². The van der Waals surface area contributed by atoms with E-state index in [1.54, 1.807) is 0 Å². The Labute approximate surface area is 144 Å². The molecule has 24 heavy (non-hydrogen) atoms. The number of rotatable bonds is 3. The molecule has 2 bridgehead atoms. The number of hydrogen-bond acceptors (Lipinski definition) is 2. The van der Waals surface area contributed by atoms with Crippen LogP contribution >= 0.6 is 0 Å². The maximum Gasteiger partial charge on any atom is 0.229 e. The number of carbonyl (C=O) groups is 1. The number of hydrogen-bond donors (Lipinski definition) is 1. The van der Waals surface area contributed by atoms with Crippen LogP contribution in [-0.4, -0.2) is 36.0 Å². The van der Waals surface area contributed by atoms with Gasteiger partial charge >= 0.3 is 0 Å². The summed E-state index contributed by atoms with van der Waals surface area (Å²) < 4.78 is 0. The highest BCUT2D eigenvalue weighted by Crippen LogP contribution is 2.31. The van der Waals surface area contributed by atoms with E-state index in [9.17, 15) is 4.79 Å². The Balaban J connectivity index is 1.51. The van der Waals surface area contributed by atoms with Gasteiger partial charge in [-0.05, 0) is 48.9 Å². The minimum atomic E-state index is -0.0906. The Morgan fingerprint density at radius 2 is 1.75 bits per heavy atom. The number of nitrogens with zero attached hydrogens (tertiary/aromatic N) is 1. The lowest BCUT2D eigenvalue weighted by molar-refractivity contribution is -0.133. The third kappa shape index (κ3) is 2.82. The number of fused-ring (bicyclic) bond motifs is 3. The number of piperidine rings is 1. The van der Waals surface area contributed by atoms with Gasteiger partial charge < -0.3 is 10.2 Å². The molecule has 126 valence electrons. The second-order valence-electron chi connectivity index (χ2n) is 7.54. The maximum absolute atomic E-state index is 13.0. The van der Waals surface area contributed by atoms with Gasteiger partial charge in [-0.25, -0.2) is 0 Å². The minimum Gasteiger partial charge on any atom is -0.342 e. The van der Waals surface area contributed by atoms with Crippen molar-refractivity contribution in [2.45, 2.75) is 56.7 Å². The van der Waals surface area contributed by atoms with Crippen LogP contribution in [0.2, 0.25) is 0 Å². The Morgan fingerprint density at radius 1 is 1.08 bits per heavy atom. The highest BCUT2D eigenvalue weighted by molar-refractivity contribution is 5.87. The summed E-state index contributed by atoms with van der Waals surface area (Å²) in [6.45, 7) is 2.04. The largest absolute Gasteiger partial charge is 0.342 e. The van der Waals surface area contributed by atoms with E-state index in [-0.39, 0.29) is 11.8 Å². The molecule has 0 spiro atoms.